The van der Waals surface area contributed by atoms with Crippen LogP contribution in [0, 0.1) is 0 Å². The molecule has 5 heterocycles. The van der Waals surface area contributed by atoms with Crippen molar-refractivity contribution < 1.29 is 0 Å². The first-order chi connectivity index (χ1) is 30.6. The van der Waals surface area contributed by atoms with Crippen LogP contribution in [0.2, 0.25) is 0 Å². The van der Waals surface area contributed by atoms with E-state index in [2.05, 4.69) is 145 Å². The molecule has 0 bridgehead atoms. The van der Waals surface area contributed by atoms with Crippen molar-refractivity contribution >= 4 is 54.4 Å². The molecule has 288 valence electrons. The van der Waals surface area contributed by atoms with Gasteiger partial charge in [0.25, 0.3) is 0 Å². The fraction of sp³-hybridized carbons (Fsp3) is 0. The molecular formula is C56H34N6. The molecule has 5 aromatic heterocycles. The highest BCUT2D eigenvalue weighted by molar-refractivity contribution is 6.03. The summed E-state index contributed by atoms with van der Waals surface area (Å²) in [6.07, 6.45) is 1.83. The summed E-state index contributed by atoms with van der Waals surface area (Å²) < 4.78 is 0. The second-order valence-electron chi connectivity index (χ2n) is 15.6. The molecule has 0 atom stereocenters. The molecule has 0 saturated heterocycles. The number of rotatable bonds is 6. The lowest BCUT2D eigenvalue weighted by Crippen LogP contribution is -1.97. The van der Waals surface area contributed by atoms with Crippen LogP contribution >= 0.6 is 0 Å². The van der Waals surface area contributed by atoms with E-state index in [1.165, 1.54) is 0 Å². The lowest BCUT2D eigenvalue weighted by atomic mass is 9.99. The van der Waals surface area contributed by atoms with E-state index in [-0.39, 0.29) is 0 Å². The Kier molecular flexibility index (Phi) is 8.38. The van der Waals surface area contributed by atoms with Crippen LogP contribution in [0.3, 0.4) is 0 Å². The maximum atomic E-state index is 5.11. The van der Waals surface area contributed by atoms with Gasteiger partial charge < -0.3 is 0 Å². The molecule has 0 spiro atoms. The van der Waals surface area contributed by atoms with Crippen molar-refractivity contribution in [3.05, 3.63) is 206 Å². The average molecular weight is 791 g/mol. The maximum absolute atomic E-state index is 5.11. The lowest BCUT2D eigenvalue weighted by molar-refractivity contribution is 1.17. The second-order valence-corrected chi connectivity index (χ2v) is 15.6. The number of pyridine rings is 4. The fourth-order valence-electron chi connectivity index (χ4n) is 8.41. The van der Waals surface area contributed by atoms with Crippen molar-refractivity contribution in [2.45, 2.75) is 0 Å². The fourth-order valence-corrected chi connectivity index (χ4v) is 8.41. The molecule has 62 heavy (non-hydrogen) atoms. The lowest BCUT2D eigenvalue weighted by Gasteiger charge is -2.10. The van der Waals surface area contributed by atoms with E-state index in [1.54, 1.807) is 0 Å². The highest BCUT2D eigenvalue weighted by Gasteiger charge is 2.14. The van der Waals surface area contributed by atoms with Crippen molar-refractivity contribution in [1.29, 1.82) is 0 Å². The van der Waals surface area contributed by atoms with E-state index in [1.807, 2.05) is 66.9 Å². The van der Waals surface area contributed by atoms with Gasteiger partial charge >= 0.3 is 0 Å². The molecule has 6 nitrogen and oxygen atoms in total. The SMILES string of the molecule is c1ccc(-c2cc(-c3ccc4cc(-c5ccc6nc(-c7ccc8cc(-c9ccc%10ccc%11cccnc%11c%10n9)ccc8c7)ccc6c5)ccc4n3)nc(-c3ccccc3)n2)cc1. The zero-order valence-electron chi connectivity index (χ0n) is 33.3. The molecule has 0 amide bonds. The van der Waals surface area contributed by atoms with E-state index in [9.17, 15) is 0 Å². The molecule has 0 aliphatic rings. The largest absolute Gasteiger partial charge is 0.254 e. The Labute approximate surface area is 357 Å². The Bertz CT molecular complexity index is 3640. The summed E-state index contributed by atoms with van der Waals surface area (Å²) in [4.78, 5) is 29.8. The smallest absolute Gasteiger partial charge is 0.160 e. The minimum absolute atomic E-state index is 0.673. The highest BCUT2D eigenvalue weighted by atomic mass is 14.9. The first-order valence-corrected chi connectivity index (χ1v) is 20.7. The average Bonchev–Trinajstić information content (AvgIpc) is 3.35. The van der Waals surface area contributed by atoms with E-state index in [4.69, 9.17) is 24.9 Å². The molecule has 7 aromatic carbocycles. The first-order valence-electron chi connectivity index (χ1n) is 20.7. The predicted molar refractivity (Wildman–Crippen MR) is 253 cm³/mol. The van der Waals surface area contributed by atoms with Crippen LogP contribution in [0.5, 0.6) is 0 Å². The summed E-state index contributed by atoms with van der Waals surface area (Å²) in [6, 6.07) is 69.3. The Morgan fingerprint density at radius 1 is 0.242 bits per heavy atom. The minimum Gasteiger partial charge on any atom is -0.254 e. The topological polar surface area (TPSA) is 77.3 Å². The van der Waals surface area contributed by atoms with Gasteiger partial charge in [-0.05, 0) is 88.6 Å². The van der Waals surface area contributed by atoms with Gasteiger partial charge in [-0.2, -0.15) is 0 Å². The van der Waals surface area contributed by atoms with Gasteiger partial charge in [0.05, 0.1) is 50.5 Å². The molecule has 0 aliphatic heterocycles. The van der Waals surface area contributed by atoms with Gasteiger partial charge in [0.2, 0.25) is 0 Å². The first kappa shape index (κ1) is 35.5. The third-order valence-electron chi connectivity index (χ3n) is 11.7. The van der Waals surface area contributed by atoms with Gasteiger partial charge in [-0.15, -0.1) is 0 Å². The standard InChI is InChI=1S/C56H34N6/c1-3-8-35(9-4-1)52-34-53(62-56(61-52)38-10-5-2-6-11-38)51-28-23-46-33-42(21-26-49(46)59-51)41-20-25-47-45(32-41)22-27-48(58-47)43-17-15-40-31-44(18-16-39(40)30-43)50-24-19-37-14-13-36-12-7-29-57-54(36)55(37)60-50/h1-34H. The van der Waals surface area contributed by atoms with E-state index < -0.39 is 0 Å². The molecule has 6 heteroatoms. The van der Waals surface area contributed by atoms with Crippen molar-refractivity contribution in [3.8, 4) is 67.7 Å². The van der Waals surface area contributed by atoms with Gasteiger partial charge in [0, 0.05) is 50.0 Å². The minimum atomic E-state index is 0.673. The summed E-state index contributed by atoms with van der Waals surface area (Å²) in [7, 11) is 0. The maximum Gasteiger partial charge on any atom is 0.160 e. The van der Waals surface area contributed by atoms with Gasteiger partial charge in [-0.1, -0.05) is 133 Å². The molecule has 12 aromatic rings. The normalized spacial score (nSPS) is 11.5. The monoisotopic (exact) mass is 790 g/mol. The van der Waals surface area contributed by atoms with E-state index >= 15 is 0 Å². The molecule has 0 N–H and O–H groups in total. The van der Waals surface area contributed by atoms with E-state index in [0.717, 1.165) is 116 Å². The van der Waals surface area contributed by atoms with Crippen LogP contribution in [-0.4, -0.2) is 29.9 Å². The number of hydrogen-bond donors (Lipinski definition) is 0. The second kappa shape index (κ2) is 14.7. The quantitative estimate of drug-likeness (QED) is 0.156. The Morgan fingerprint density at radius 2 is 0.742 bits per heavy atom. The molecule has 12 rings (SSSR count). The summed E-state index contributed by atoms with van der Waals surface area (Å²) in [5, 5.41) is 6.63. The number of benzene rings is 7. The van der Waals surface area contributed by atoms with Gasteiger partial charge in [-0.3, -0.25) is 4.98 Å². The van der Waals surface area contributed by atoms with Gasteiger partial charge in [0.15, 0.2) is 5.82 Å². The zero-order chi connectivity index (χ0) is 41.0. The van der Waals surface area contributed by atoms with Crippen molar-refractivity contribution in [2.24, 2.45) is 0 Å². The van der Waals surface area contributed by atoms with Crippen LogP contribution < -0.4 is 0 Å². The summed E-state index contributed by atoms with van der Waals surface area (Å²) in [5.41, 5.74) is 14.4. The van der Waals surface area contributed by atoms with Gasteiger partial charge in [0.1, 0.15) is 0 Å². The number of fused-ring (bicyclic) bond motifs is 6. The molecule has 0 unspecified atom stereocenters. The van der Waals surface area contributed by atoms with Crippen LogP contribution in [0.1, 0.15) is 0 Å². The third-order valence-corrected chi connectivity index (χ3v) is 11.7. The third kappa shape index (κ3) is 6.47. The number of nitrogens with zero attached hydrogens (tertiary/aromatic N) is 6. The van der Waals surface area contributed by atoms with E-state index in [0.29, 0.717) is 5.82 Å². The molecule has 0 fully saturated rings. The van der Waals surface area contributed by atoms with Crippen LogP contribution in [0.4, 0.5) is 0 Å². The summed E-state index contributed by atoms with van der Waals surface area (Å²) >= 11 is 0. The molecule has 0 radical (unpaired) electrons. The molecular weight excluding hydrogens is 757 g/mol. The van der Waals surface area contributed by atoms with Crippen molar-refractivity contribution in [1.82, 2.24) is 29.9 Å². The number of hydrogen-bond acceptors (Lipinski definition) is 6. The molecule has 0 saturated carbocycles. The zero-order valence-corrected chi connectivity index (χ0v) is 33.3. The summed E-state index contributed by atoms with van der Waals surface area (Å²) in [5.74, 6) is 0.673. The van der Waals surface area contributed by atoms with Crippen molar-refractivity contribution in [2.75, 3.05) is 0 Å². The van der Waals surface area contributed by atoms with Crippen molar-refractivity contribution in [3.63, 3.8) is 0 Å². The Balaban J connectivity index is 0.816. The van der Waals surface area contributed by atoms with Crippen LogP contribution in [0.15, 0.2) is 206 Å². The highest BCUT2D eigenvalue weighted by Crippen LogP contribution is 2.33. The number of aromatic nitrogens is 6. The molecule has 0 aliphatic carbocycles. The Hall–Kier alpha value is -8.48. The van der Waals surface area contributed by atoms with Crippen LogP contribution in [-0.2, 0) is 0 Å². The van der Waals surface area contributed by atoms with Crippen LogP contribution in [0.25, 0.3) is 122 Å². The summed E-state index contributed by atoms with van der Waals surface area (Å²) in [6.45, 7) is 0. The predicted octanol–water partition coefficient (Wildman–Crippen LogP) is 13.8. The van der Waals surface area contributed by atoms with Gasteiger partial charge in [-0.25, -0.2) is 24.9 Å². The Morgan fingerprint density at radius 3 is 1.42 bits per heavy atom.